The molecule has 0 saturated carbocycles. The van der Waals surface area contributed by atoms with Gasteiger partial charge in [-0.2, -0.15) is 0 Å². The van der Waals surface area contributed by atoms with E-state index in [1.54, 1.807) is 0 Å². The topological polar surface area (TPSA) is 23.6 Å². The lowest BCUT2D eigenvalue weighted by Crippen LogP contribution is -2.48. The Hall–Kier alpha value is -1.61. The summed E-state index contributed by atoms with van der Waals surface area (Å²) in [6.45, 7) is 17.8. The molecule has 0 unspecified atom stereocenters. The smallest absolute Gasteiger partial charge is 0.246 e. The molecule has 0 bridgehead atoms. The highest BCUT2D eigenvalue weighted by atomic mass is 16.2. The summed E-state index contributed by atoms with van der Waals surface area (Å²) in [7, 11) is 0. The summed E-state index contributed by atoms with van der Waals surface area (Å²) in [6.07, 6.45) is 15.5. The van der Waals surface area contributed by atoms with Gasteiger partial charge in [0.05, 0.1) is 0 Å². The van der Waals surface area contributed by atoms with E-state index in [4.69, 9.17) is 0 Å². The normalized spacial score (nSPS) is 16.9. The monoisotopic (exact) mass is 400 g/mol. The molecule has 1 fully saturated rings. The molecule has 0 aromatic heterocycles. The van der Waals surface area contributed by atoms with E-state index in [-0.39, 0.29) is 5.91 Å². The molecule has 1 aliphatic heterocycles. The van der Waals surface area contributed by atoms with Crippen molar-refractivity contribution in [1.29, 1.82) is 0 Å². The van der Waals surface area contributed by atoms with Gasteiger partial charge in [-0.05, 0) is 79.7 Å². The fraction of sp³-hybridized carbons (Fsp3) is 0.654. The number of piperazine rings is 1. The molecule has 1 rings (SSSR count). The van der Waals surface area contributed by atoms with Crippen molar-refractivity contribution in [3.63, 3.8) is 0 Å². The minimum atomic E-state index is 0.188. The standard InChI is InChI=1S/C26H44N2O/c1-7-27-17-19-28(20-18-27)26(29)21-25(6)16-10-15-24(5)14-9-13-23(4)12-8-11-22(2)3/h11,13,15,21H,7-10,12,14,16-20H2,1-6H3. The third kappa shape index (κ3) is 11.9. The summed E-state index contributed by atoms with van der Waals surface area (Å²) >= 11 is 0. The molecule has 3 nitrogen and oxygen atoms in total. The lowest BCUT2D eigenvalue weighted by molar-refractivity contribution is -0.127. The molecule has 0 aromatic carbocycles. The van der Waals surface area contributed by atoms with Gasteiger partial charge in [-0.3, -0.25) is 4.79 Å². The number of amides is 1. The molecule has 1 saturated heterocycles. The maximum absolute atomic E-state index is 12.4. The van der Waals surface area contributed by atoms with Crippen molar-refractivity contribution in [3.05, 3.63) is 46.6 Å². The Kier molecular flexibility index (Phi) is 12.6. The van der Waals surface area contributed by atoms with Crippen molar-refractivity contribution in [2.24, 2.45) is 0 Å². The second-order valence-corrected chi connectivity index (χ2v) is 8.75. The average Bonchev–Trinajstić information content (AvgIpc) is 2.67. The van der Waals surface area contributed by atoms with Crippen LogP contribution in [-0.4, -0.2) is 48.4 Å². The third-order valence-electron chi connectivity index (χ3n) is 5.66. The minimum absolute atomic E-state index is 0.188. The molecule has 1 heterocycles. The van der Waals surface area contributed by atoms with Crippen LogP contribution in [0.2, 0.25) is 0 Å². The summed E-state index contributed by atoms with van der Waals surface area (Å²) in [5.41, 5.74) is 5.54. The molecule has 0 atom stereocenters. The number of hydrogen-bond acceptors (Lipinski definition) is 2. The molecule has 0 aliphatic carbocycles. The lowest BCUT2D eigenvalue weighted by Gasteiger charge is -2.33. The number of carbonyl (C=O) groups is 1. The van der Waals surface area contributed by atoms with E-state index in [0.717, 1.165) is 64.8 Å². The first kappa shape index (κ1) is 25.4. The van der Waals surface area contributed by atoms with E-state index in [2.05, 4.69) is 64.7 Å². The first-order valence-corrected chi connectivity index (χ1v) is 11.4. The highest BCUT2D eigenvalue weighted by Crippen LogP contribution is 2.14. The van der Waals surface area contributed by atoms with Gasteiger partial charge >= 0.3 is 0 Å². The fourth-order valence-electron chi connectivity index (χ4n) is 3.54. The minimum Gasteiger partial charge on any atom is -0.337 e. The zero-order valence-electron chi connectivity index (χ0n) is 19.9. The van der Waals surface area contributed by atoms with Gasteiger partial charge in [0.1, 0.15) is 0 Å². The van der Waals surface area contributed by atoms with Crippen LogP contribution < -0.4 is 0 Å². The first-order chi connectivity index (χ1) is 13.8. The van der Waals surface area contributed by atoms with Crippen LogP contribution in [0.25, 0.3) is 0 Å². The molecule has 164 valence electrons. The highest BCUT2D eigenvalue weighted by Gasteiger charge is 2.18. The zero-order valence-corrected chi connectivity index (χ0v) is 19.9. The Morgan fingerprint density at radius 3 is 1.69 bits per heavy atom. The van der Waals surface area contributed by atoms with Crippen LogP contribution in [0.3, 0.4) is 0 Å². The van der Waals surface area contributed by atoms with Crippen LogP contribution >= 0.6 is 0 Å². The van der Waals surface area contributed by atoms with E-state index < -0.39 is 0 Å². The van der Waals surface area contributed by atoms with E-state index in [1.807, 2.05) is 11.0 Å². The number of rotatable bonds is 11. The molecule has 29 heavy (non-hydrogen) atoms. The van der Waals surface area contributed by atoms with Crippen LogP contribution in [0, 0.1) is 0 Å². The first-order valence-electron chi connectivity index (χ1n) is 11.4. The Balaban J connectivity index is 2.29. The summed E-state index contributed by atoms with van der Waals surface area (Å²) in [5, 5.41) is 0. The number of nitrogens with zero attached hydrogens (tertiary/aromatic N) is 2. The number of carbonyl (C=O) groups excluding carboxylic acids is 1. The molecule has 0 N–H and O–H groups in total. The van der Waals surface area contributed by atoms with Gasteiger partial charge < -0.3 is 9.80 Å². The molecule has 0 radical (unpaired) electrons. The predicted octanol–water partition coefficient (Wildman–Crippen LogP) is 6.30. The van der Waals surface area contributed by atoms with Gasteiger partial charge in [0.15, 0.2) is 0 Å². The lowest BCUT2D eigenvalue weighted by atomic mass is 10.0. The number of hydrogen-bond donors (Lipinski definition) is 0. The third-order valence-corrected chi connectivity index (χ3v) is 5.66. The van der Waals surface area contributed by atoms with Crippen LogP contribution in [0.5, 0.6) is 0 Å². The maximum atomic E-state index is 12.4. The van der Waals surface area contributed by atoms with E-state index in [0.29, 0.717) is 0 Å². The molecule has 1 aliphatic rings. The van der Waals surface area contributed by atoms with Crippen molar-refractivity contribution in [2.45, 2.75) is 80.1 Å². The zero-order chi connectivity index (χ0) is 21.6. The van der Waals surface area contributed by atoms with E-state index >= 15 is 0 Å². The van der Waals surface area contributed by atoms with Gasteiger partial charge in [0, 0.05) is 32.3 Å². The summed E-state index contributed by atoms with van der Waals surface area (Å²) in [4.78, 5) is 16.8. The predicted molar refractivity (Wildman–Crippen MR) is 127 cm³/mol. The second-order valence-electron chi connectivity index (χ2n) is 8.75. The molecular weight excluding hydrogens is 356 g/mol. The molecular formula is C26H44N2O. The van der Waals surface area contributed by atoms with Crippen molar-refractivity contribution < 1.29 is 4.79 Å². The summed E-state index contributed by atoms with van der Waals surface area (Å²) in [6, 6.07) is 0. The van der Waals surface area contributed by atoms with Gasteiger partial charge in [-0.1, -0.05) is 47.4 Å². The van der Waals surface area contributed by atoms with E-state index in [1.165, 1.54) is 28.7 Å². The van der Waals surface area contributed by atoms with Crippen molar-refractivity contribution in [1.82, 2.24) is 9.80 Å². The molecule has 1 amide bonds. The quantitative estimate of drug-likeness (QED) is 0.300. The van der Waals surface area contributed by atoms with E-state index in [9.17, 15) is 4.79 Å². The van der Waals surface area contributed by atoms with Gasteiger partial charge in [0.2, 0.25) is 5.91 Å². The van der Waals surface area contributed by atoms with Crippen molar-refractivity contribution >= 4 is 5.91 Å². The SMILES string of the molecule is CCN1CCN(C(=O)C=C(C)CCC=C(C)CCC=C(C)CCC=C(C)C)CC1. The molecule has 3 heteroatoms. The number of likely N-dealkylation sites (N-methyl/N-ethyl adjacent to an activating group) is 1. The Bertz CT molecular complexity index is 613. The van der Waals surface area contributed by atoms with Gasteiger partial charge in [-0.25, -0.2) is 0 Å². The van der Waals surface area contributed by atoms with Crippen molar-refractivity contribution in [2.75, 3.05) is 32.7 Å². The Morgan fingerprint density at radius 2 is 1.21 bits per heavy atom. The average molecular weight is 401 g/mol. The second kappa shape index (κ2) is 14.4. The summed E-state index contributed by atoms with van der Waals surface area (Å²) < 4.78 is 0. The van der Waals surface area contributed by atoms with Gasteiger partial charge in [0.25, 0.3) is 0 Å². The Morgan fingerprint density at radius 1 is 0.724 bits per heavy atom. The van der Waals surface area contributed by atoms with Crippen LogP contribution in [0.1, 0.15) is 80.1 Å². The van der Waals surface area contributed by atoms with Crippen LogP contribution in [-0.2, 0) is 4.79 Å². The largest absolute Gasteiger partial charge is 0.337 e. The maximum Gasteiger partial charge on any atom is 0.246 e. The van der Waals surface area contributed by atoms with Gasteiger partial charge in [-0.15, -0.1) is 0 Å². The van der Waals surface area contributed by atoms with Crippen LogP contribution in [0.15, 0.2) is 46.6 Å². The number of allylic oxidation sites excluding steroid dienone is 7. The molecule has 0 aromatic rings. The van der Waals surface area contributed by atoms with Crippen LogP contribution in [0.4, 0.5) is 0 Å². The molecule has 0 spiro atoms. The Labute approximate surface area is 180 Å². The van der Waals surface area contributed by atoms with Crippen molar-refractivity contribution in [3.8, 4) is 0 Å². The fourth-order valence-corrected chi connectivity index (χ4v) is 3.54. The summed E-state index contributed by atoms with van der Waals surface area (Å²) in [5.74, 6) is 0.188. The highest BCUT2D eigenvalue weighted by molar-refractivity contribution is 5.88.